The molecule has 9 heteroatoms. The van der Waals surface area contributed by atoms with E-state index in [0.717, 1.165) is 0 Å². The normalized spacial score (nSPS) is 23.4. The Kier molecular flexibility index (Phi) is 6.15. The highest BCUT2D eigenvalue weighted by Crippen LogP contribution is 2.38. The summed E-state index contributed by atoms with van der Waals surface area (Å²) in [5.41, 5.74) is -0.358. The Morgan fingerprint density at radius 1 is 1.19 bits per heavy atom. The van der Waals surface area contributed by atoms with E-state index in [0.29, 0.717) is 24.3 Å². The Hall–Kier alpha value is -1.42. The third-order valence-electron chi connectivity index (χ3n) is 7.11. The van der Waals surface area contributed by atoms with Crippen molar-refractivity contribution in [2.24, 2.45) is 0 Å². The number of amides is 1. The maximum absolute atomic E-state index is 15.0. The van der Waals surface area contributed by atoms with Gasteiger partial charge in [0.15, 0.2) is 8.32 Å². The molecule has 0 radical (unpaired) electrons. The van der Waals surface area contributed by atoms with Crippen LogP contribution in [0.25, 0.3) is 0 Å². The molecule has 0 aliphatic carbocycles. The summed E-state index contributed by atoms with van der Waals surface area (Å²) in [4.78, 5) is 13.9. The van der Waals surface area contributed by atoms with E-state index in [1.165, 1.54) is 11.0 Å². The zero-order valence-electron chi connectivity index (χ0n) is 20.2. The van der Waals surface area contributed by atoms with E-state index in [4.69, 9.17) is 18.5 Å². The molecule has 0 aromatic heterocycles. The van der Waals surface area contributed by atoms with Gasteiger partial charge in [-0.15, -0.1) is 0 Å². The fraction of sp³-hybridized carbons (Fsp3) is 0.682. The molecule has 0 bridgehead atoms. The molecule has 1 aromatic rings. The molecule has 31 heavy (non-hydrogen) atoms. The number of ether oxygens (including phenoxy) is 1. The molecule has 2 aliphatic rings. The van der Waals surface area contributed by atoms with Gasteiger partial charge < -0.3 is 18.5 Å². The molecule has 0 saturated carbocycles. The summed E-state index contributed by atoms with van der Waals surface area (Å²) in [7, 11) is -2.74. The summed E-state index contributed by atoms with van der Waals surface area (Å²) in [6, 6.07) is 4.64. The minimum Gasteiger partial charge on any atom is -0.442 e. The van der Waals surface area contributed by atoms with Gasteiger partial charge in [-0.25, -0.2) is 9.18 Å². The van der Waals surface area contributed by atoms with Crippen LogP contribution in [0.4, 0.5) is 14.9 Å². The van der Waals surface area contributed by atoms with E-state index in [2.05, 4.69) is 33.9 Å². The van der Waals surface area contributed by atoms with Crippen molar-refractivity contribution in [3.05, 3.63) is 24.0 Å². The molecule has 1 amide bonds. The molecule has 3 rings (SSSR count). The topological polar surface area (TPSA) is 57.2 Å². The molecular weight excluding hydrogens is 416 g/mol. The molecule has 2 aliphatic heterocycles. The van der Waals surface area contributed by atoms with Crippen molar-refractivity contribution in [1.82, 2.24) is 0 Å². The second-order valence-corrected chi connectivity index (χ2v) is 15.8. The Labute approximate surface area is 186 Å². The summed E-state index contributed by atoms with van der Waals surface area (Å²) in [6.45, 7) is 19.2. The average Bonchev–Trinajstić information content (AvgIpc) is 3.08. The van der Waals surface area contributed by atoms with Crippen LogP contribution in [0.3, 0.4) is 0 Å². The second-order valence-electron chi connectivity index (χ2n) is 11.0. The molecule has 2 fully saturated rings. The predicted octanol–water partition coefficient (Wildman–Crippen LogP) is 4.47. The quantitative estimate of drug-likeness (QED) is 0.619. The molecular formula is C22H35BFNO5Si. The number of hydrogen-bond acceptors (Lipinski definition) is 5. The first-order chi connectivity index (χ1) is 14.0. The molecule has 2 saturated heterocycles. The minimum absolute atomic E-state index is 0.0712. The van der Waals surface area contributed by atoms with Crippen molar-refractivity contribution in [2.45, 2.75) is 83.9 Å². The van der Waals surface area contributed by atoms with Crippen molar-refractivity contribution < 1.29 is 27.7 Å². The zero-order valence-corrected chi connectivity index (χ0v) is 21.2. The van der Waals surface area contributed by atoms with Crippen molar-refractivity contribution in [2.75, 3.05) is 18.1 Å². The molecule has 1 atom stereocenters. The molecule has 0 spiro atoms. The summed E-state index contributed by atoms with van der Waals surface area (Å²) in [5.74, 6) is -0.482. The molecule has 2 heterocycles. The number of hydrogen-bond donors (Lipinski definition) is 0. The highest BCUT2D eigenvalue weighted by Gasteiger charge is 2.52. The Bertz CT molecular complexity index is 839. The third kappa shape index (κ3) is 4.70. The zero-order chi connectivity index (χ0) is 23.4. The van der Waals surface area contributed by atoms with Gasteiger partial charge in [0.05, 0.1) is 30.0 Å². The van der Waals surface area contributed by atoms with Crippen LogP contribution in [-0.2, 0) is 18.5 Å². The maximum atomic E-state index is 15.0. The van der Waals surface area contributed by atoms with Crippen LogP contribution in [0.2, 0.25) is 18.1 Å². The number of anilines is 1. The van der Waals surface area contributed by atoms with Crippen LogP contribution in [0.5, 0.6) is 0 Å². The third-order valence-corrected chi connectivity index (χ3v) is 11.6. The van der Waals surface area contributed by atoms with E-state index in [9.17, 15) is 9.18 Å². The van der Waals surface area contributed by atoms with Gasteiger partial charge in [0.25, 0.3) is 0 Å². The van der Waals surface area contributed by atoms with E-state index < -0.39 is 38.5 Å². The van der Waals surface area contributed by atoms with Gasteiger partial charge >= 0.3 is 13.2 Å². The van der Waals surface area contributed by atoms with Crippen LogP contribution >= 0.6 is 0 Å². The van der Waals surface area contributed by atoms with Gasteiger partial charge in [0, 0.05) is 5.46 Å². The molecule has 0 unspecified atom stereocenters. The number of cyclic esters (lactones) is 1. The number of halogens is 1. The van der Waals surface area contributed by atoms with Crippen molar-refractivity contribution in [3.8, 4) is 0 Å². The minimum atomic E-state index is -1.95. The monoisotopic (exact) mass is 451 g/mol. The lowest BCUT2D eigenvalue weighted by atomic mass is 9.78. The number of carbonyl (C=O) groups is 1. The number of rotatable bonds is 5. The summed E-state index contributed by atoms with van der Waals surface area (Å²) < 4.78 is 38.5. The predicted molar refractivity (Wildman–Crippen MR) is 123 cm³/mol. The van der Waals surface area contributed by atoms with Crippen LogP contribution < -0.4 is 10.4 Å². The Morgan fingerprint density at radius 3 is 2.29 bits per heavy atom. The first-order valence-electron chi connectivity index (χ1n) is 10.8. The fourth-order valence-electron chi connectivity index (χ4n) is 3.18. The van der Waals surface area contributed by atoms with Crippen molar-refractivity contribution >= 4 is 32.7 Å². The van der Waals surface area contributed by atoms with Crippen molar-refractivity contribution in [1.29, 1.82) is 0 Å². The molecule has 0 N–H and O–H groups in total. The summed E-state index contributed by atoms with van der Waals surface area (Å²) in [5, 5.41) is 0.0712. The highest BCUT2D eigenvalue weighted by atomic mass is 28.4. The molecule has 6 nitrogen and oxygen atoms in total. The van der Waals surface area contributed by atoms with Crippen LogP contribution in [0.1, 0.15) is 48.5 Å². The van der Waals surface area contributed by atoms with E-state index >= 15 is 0 Å². The Balaban J connectivity index is 1.69. The smallest absolute Gasteiger partial charge is 0.442 e. The SMILES string of the molecule is CC1(C)OB(c2ccc(N3C[C@H](CO[Si](C)(C)C(C)(C)C)OC3=O)cc2F)OC1(C)C. The van der Waals surface area contributed by atoms with E-state index in [-0.39, 0.29) is 11.1 Å². The van der Waals surface area contributed by atoms with Crippen LogP contribution in [-0.4, -0.2) is 52.0 Å². The van der Waals surface area contributed by atoms with Crippen LogP contribution in [0.15, 0.2) is 18.2 Å². The average molecular weight is 451 g/mol. The Morgan fingerprint density at radius 2 is 1.77 bits per heavy atom. The van der Waals surface area contributed by atoms with Gasteiger partial charge in [0.1, 0.15) is 11.9 Å². The van der Waals surface area contributed by atoms with Gasteiger partial charge in [-0.1, -0.05) is 26.8 Å². The highest BCUT2D eigenvalue weighted by molar-refractivity contribution is 6.74. The first-order valence-corrected chi connectivity index (χ1v) is 13.7. The summed E-state index contributed by atoms with van der Waals surface area (Å²) >= 11 is 0. The number of nitrogens with zero attached hydrogens (tertiary/aromatic N) is 1. The summed E-state index contributed by atoms with van der Waals surface area (Å²) in [6.07, 6.45) is -0.876. The van der Waals surface area contributed by atoms with Gasteiger partial charge in [0.2, 0.25) is 0 Å². The van der Waals surface area contributed by atoms with Gasteiger partial charge in [-0.3, -0.25) is 4.90 Å². The lowest BCUT2D eigenvalue weighted by Gasteiger charge is -2.36. The van der Waals surface area contributed by atoms with Gasteiger partial charge in [-0.2, -0.15) is 0 Å². The number of benzene rings is 1. The molecule has 172 valence electrons. The van der Waals surface area contributed by atoms with Crippen LogP contribution in [0, 0.1) is 5.82 Å². The number of carbonyl (C=O) groups excluding carboxylic acids is 1. The van der Waals surface area contributed by atoms with Crippen molar-refractivity contribution in [3.63, 3.8) is 0 Å². The van der Waals surface area contributed by atoms with Gasteiger partial charge in [-0.05, 0) is 58.0 Å². The van der Waals surface area contributed by atoms with E-state index in [1.807, 2.05) is 27.7 Å². The standard InChI is InChI=1S/C22H35BFNO5Si/c1-20(2,3)31(8,9)27-14-16-13-25(19(26)28-16)15-10-11-17(18(24)12-15)23-29-21(4,5)22(6,7)30-23/h10-12,16H,13-14H2,1-9H3/t16-/m1/s1. The fourth-order valence-corrected chi connectivity index (χ4v) is 4.22. The van der Waals surface area contributed by atoms with E-state index in [1.54, 1.807) is 12.1 Å². The largest absolute Gasteiger partial charge is 0.497 e. The first kappa shape index (κ1) is 24.2. The lowest BCUT2D eigenvalue weighted by molar-refractivity contribution is 0.00578. The lowest BCUT2D eigenvalue weighted by Crippen LogP contribution is -2.43. The maximum Gasteiger partial charge on any atom is 0.497 e. The molecule has 1 aromatic carbocycles. The second kappa shape index (κ2) is 7.86.